The van der Waals surface area contributed by atoms with Crippen molar-refractivity contribution in [3.05, 3.63) is 58.1 Å². The molecular formula is C20H19ClF3NO2. The Morgan fingerprint density at radius 3 is 2.67 bits per heavy atom. The summed E-state index contributed by atoms with van der Waals surface area (Å²) < 4.78 is 44.7. The van der Waals surface area contributed by atoms with Crippen LogP contribution in [-0.4, -0.2) is 12.0 Å². The maximum atomic E-state index is 13.0. The van der Waals surface area contributed by atoms with Crippen molar-refractivity contribution in [3.63, 3.8) is 0 Å². The lowest BCUT2D eigenvalue weighted by molar-refractivity contribution is -0.137. The summed E-state index contributed by atoms with van der Waals surface area (Å²) in [6, 6.07) is 9.01. The number of nitrogens with one attached hydrogen (secondary N) is 1. The standard InChI is InChI=1S/C20H19ClF3NO2/c1-12(27-18-8-4-6-13-5-2-3-7-15(13)18)19(26)25-14-9-10-17(21)16(11-14)20(22,23)24/h4,6,8-12H,2-3,5,7H2,1H3,(H,25,26)/t12-/m1/s1. The minimum absolute atomic E-state index is 0.0160. The van der Waals surface area contributed by atoms with Gasteiger partial charge in [0.2, 0.25) is 0 Å². The Kier molecular flexibility index (Phi) is 5.65. The van der Waals surface area contributed by atoms with Crippen LogP contribution in [0.5, 0.6) is 5.75 Å². The molecule has 0 spiro atoms. The third-order valence-electron chi connectivity index (χ3n) is 4.57. The minimum Gasteiger partial charge on any atom is -0.481 e. The number of amides is 1. The molecule has 2 aromatic carbocycles. The van der Waals surface area contributed by atoms with Crippen LogP contribution in [0.25, 0.3) is 0 Å². The van der Waals surface area contributed by atoms with E-state index in [-0.39, 0.29) is 5.69 Å². The van der Waals surface area contributed by atoms with Gasteiger partial charge < -0.3 is 10.1 Å². The molecule has 7 heteroatoms. The predicted octanol–water partition coefficient (Wildman–Crippen LogP) is 5.64. The molecular weight excluding hydrogens is 379 g/mol. The summed E-state index contributed by atoms with van der Waals surface area (Å²) in [6.45, 7) is 1.57. The van der Waals surface area contributed by atoms with Gasteiger partial charge in [-0.15, -0.1) is 0 Å². The van der Waals surface area contributed by atoms with Crippen LogP contribution in [0.1, 0.15) is 36.5 Å². The molecule has 144 valence electrons. The average molecular weight is 398 g/mol. The van der Waals surface area contributed by atoms with Gasteiger partial charge in [-0.3, -0.25) is 4.79 Å². The predicted molar refractivity (Wildman–Crippen MR) is 98.3 cm³/mol. The van der Waals surface area contributed by atoms with Crippen LogP contribution in [0.2, 0.25) is 5.02 Å². The van der Waals surface area contributed by atoms with Crippen LogP contribution in [-0.2, 0) is 23.8 Å². The van der Waals surface area contributed by atoms with Crippen molar-refractivity contribution < 1.29 is 22.7 Å². The zero-order valence-corrected chi connectivity index (χ0v) is 15.5. The van der Waals surface area contributed by atoms with Crippen LogP contribution < -0.4 is 10.1 Å². The largest absolute Gasteiger partial charge is 0.481 e. The van der Waals surface area contributed by atoms with Crippen LogP contribution in [0, 0.1) is 0 Å². The number of carbonyl (C=O) groups excluding carboxylic acids is 1. The molecule has 0 unspecified atom stereocenters. The molecule has 1 amide bonds. The van der Waals surface area contributed by atoms with Crippen molar-refractivity contribution in [2.75, 3.05) is 5.32 Å². The van der Waals surface area contributed by atoms with Crippen molar-refractivity contribution in [2.24, 2.45) is 0 Å². The van der Waals surface area contributed by atoms with Crippen molar-refractivity contribution >= 4 is 23.2 Å². The first-order valence-corrected chi connectivity index (χ1v) is 9.08. The molecule has 2 aromatic rings. The number of rotatable bonds is 4. The maximum absolute atomic E-state index is 13.0. The third-order valence-corrected chi connectivity index (χ3v) is 4.89. The smallest absolute Gasteiger partial charge is 0.417 e. The van der Waals surface area contributed by atoms with Crippen LogP contribution in [0.15, 0.2) is 36.4 Å². The lowest BCUT2D eigenvalue weighted by Crippen LogP contribution is -2.30. The molecule has 0 heterocycles. The Morgan fingerprint density at radius 2 is 1.93 bits per heavy atom. The number of anilines is 1. The van der Waals surface area contributed by atoms with Crippen LogP contribution in [0.3, 0.4) is 0 Å². The van der Waals surface area contributed by atoms with E-state index in [9.17, 15) is 18.0 Å². The van der Waals surface area contributed by atoms with Crippen molar-refractivity contribution in [1.29, 1.82) is 0 Å². The van der Waals surface area contributed by atoms with E-state index in [4.69, 9.17) is 16.3 Å². The van der Waals surface area contributed by atoms with Gasteiger partial charge in [0.25, 0.3) is 5.91 Å². The lowest BCUT2D eigenvalue weighted by Gasteiger charge is -2.22. The monoisotopic (exact) mass is 397 g/mol. The van der Waals surface area contributed by atoms with Crippen molar-refractivity contribution in [1.82, 2.24) is 0 Å². The number of alkyl halides is 3. The number of benzene rings is 2. The Hall–Kier alpha value is -2.21. The molecule has 1 N–H and O–H groups in total. The molecule has 0 radical (unpaired) electrons. The second kappa shape index (κ2) is 7.80. The van der Waals surface area contributed by atoms with E-state index >= 15 is 0 Å². The van der Waals surface area contributed by atoms with Gasteiger partial charge in [0.1, 0.15) is 5.75 Å². The summed E-state index contributed by atoms with van der Waals surface area (Å²) >= 11 is 5.60. The lowest BCUT2D eigenvalue weighted by atomic mass is 9.91. The van der Waals surface area contributed by atoms with E-state index in [1.54, 1.807) is 6.92 Å². The van der Waals surface area contributed by atoms with Crippen molar-refractivity contribution in [2.45, 2.75) is 44.9 Å². The molecule has 0 saturated heterocycles. The normalized spacial score (nSPS) is 15.0. The summed E-state index contributed by atoms with van der Waals surface area (Å²) in [7, 11) is 0. The average Bonchev–Trinajstić information content (AvgIpc) is 2.62. The molecule has 0 bridgehead atoms. The molecule has 3 nitrogen and oxygen atoms in total. The Bertz CT molecular complexity index is 852. The van der Waals surface area contributed by atoms with E-state index in [2.05, 4.69) is 11.4 Å². The summed E-state index contributed by atoms with van der Waals surface area (Å²) in [6.07, 6.45) is -1.38. The van der Waals surface area contributed by atoms with E-state index in [1.807, 2.05) is 12.1 Å². The van der Waals surface area contributed by atoms with Crippen LogP contribution in [0.4, 0.5) is 18.9 Å². The molecule has 1 aliphatic carbocycles. The first kappa shape index (κ1) is 19.5. The number of fused-ring (bicyclic) bond motifs is 1. The van der Waals surface area contributed by atoms with E-state index < -0.39 is 28.8 Å². The van der Waals surface area contributed by atoms with Gasteiger partial charge in [-0.25, -0.2) is 0 Å². The molecule has 1 atom stereocenters. The molecule has 0 fully saturated rings. The van der Waals surface area contributed by atoms with Crippen molar-refractivity contribution in [3.8, 4) is 5.75 Å². The number of hydrogen-bond donors (Lipinski definition) is 1. The number of ether oxygens (including phenoxy) is 1. The molecule has 0 aliphatic heterocycles. The first-order valence-electron chi connectivity index (χ1n) is 8.71. The van der Waals surface area contributed by atoms with Gasteiger partial charge in [-0.2, -0.15) is 13.2 Å². The number of halogens is 4. The van der Waals surface area contributed by atoms with Crippen LogP contribution >= 0.6 is 11.6 Å². The van der Waals surface area contributed by atoms with Gasteiger partial charge in [0.05, 0.1) is 10.6 Å². The highest BCUT2D eigenvalue weighted by atomic mass is 35.5. The Balaban J connectivity index is 1.72. The number of aryl methyl sites for hydroxylation is 1. The van der Waals surface area contributed by atoms with Gasteiger partial charge in [-0.1, -0.05) is 23.7 Å². The fourth-order valence-corrected chi connectivity index (χ4v) is 3.39. The summed E-state index contributed by atoms with van der Waals surface area (Å²) in [4.78, 5) is 12.4. The molecule has 1 aliphatic rings. The minimum atomic E-state index is -4.59. The molecule has 27 heavy (non-hydrogen) atoms. The summed E-state index contributed by atoms with van der Waals surface area (Å²) in [5, 5.41) is 2.04. The van der Waals surface area contributed by atoms with E-state index in [0.717, 1.165) is 43.4 Å². The molecule has 0 saturated carbocycles. The highest BCUT2D eigenvalue weighted by Crippen LogP contribution is 2.36. The summed E-state index contributed by atoms with van der Waals surface area (Å²) in [5.74, 6) is 0.126. The van der Waals surface area contributed by atoms with Gasteiger partial charge in [0, 0.05) is 5.69 Å². The van der Waals surface area contributed by atoms with E-state index in [1.165, 1.54) is 11.6 Å². The zero-order chi connectivity index (χ0) is 19.6. The maximum Gasteiger partial charge on any atom is 0.417 e. The zero-order valence-electron chi connectivity index (χ0n) is 14.7. The van der Waals surface area contributed by atoms with Gasteiger partial charge in [-0.05, 0) is 68.0 Å². The van der Waals surface area contributed by atoms with E-state index in [0.29, 0.717) is 5.75 Å². The fourth-order valence-electron chi connectivity index (χ4n) is 3.16. The topological polar surface area (TPSA) is 38.3 Å². The second-order valence-electron chi connectivity index (χ2n) is 6.54. The number of hydrogen-bond acceptors (Lipinski definition) is 2. The SMILES string of the molecule is C[C@@H](Oc1cccc2c1CCCC2)C(=O)Nc1ccc(Cl)c(C(F)(F)F)c1. The highest BCUT2D eigenvalue weighted by Gasteiger charge is 2.33. The second-order valence-corrected chi connectivity index (χ2v) is 6.95. The first-order chi connectivity index (χ1) is 12.8. The summed E-state index contributed by atoms with van der Waals surface area (Å²) in [5.41, 5.74) is 1.35. The number of carbonyl (C=O) groups is 1. The quantitative estimate of drug-likeness (QED) is 0.724. The third kappa shape index (κ3) is 4.56. The highest BCUT2D eigenvalue weighted by molar-refractivity contribution is 6.31. The Labute approximate surface area is 160 Å². The molecule has 3 rings (SSSR count). The Morgan fingerprint density at radius 1 is 1.19 bits per heavy atom. The van der Waals surface area contributed by atoms with Gasteiger partial charge in [0.15, 0.2) is 6.10 Å². The molecule has 0 aromatic heterocycles. The van der Waals surface area contributed by atoms with Gasteiger partial charge >= 0.3 is 6.18 Å². The fraction of sp³-hybridized carbons (Fsp3) is 0.350.